The number of hydrogen-bond acceptors (Lipinski definition) is 4. The van der Waals surface area contributed by atoms with Gasteiger partial charge in [0.15, 0.2) is 0 Å². The van der Waals surface area contributed by atoms with Crippen LogP contribution >= 0.6 is 0 Å². The zero-order chi connectivity index (χ0) is 13.8. The van der Waals surface area contributed by atoms with Gasteiger partial charge in [0.2, 0.25) is 0 Å². The zero-order valence-electron chi connectivity index (χ0n) is 11.2. The van der Waals surface area contributed by atoms with Crippen LogP contribution in [0.5, 0.6) is 0 Å². The molecule has 0 spiro atoms. The number of nitrogens with one attached hydrogen (secondary N) is 2. The van der Waals surface area contributed by atoms with E-state index in [1.54, 1.807) is 0 Å². The maximum absolute atomic E-state index is 9.16. The lowest BCUT2D eigenvalue weighted by atomic mass is 10.0. The summed E-state index contributed by atoms with van der Waals surface area (Å²) in [5, 5.41) is 18.0. The number of fused-ring (bicyclic) bond motifs is 1. The molecule has 1 saturated heterocycles. The minimum Gasteiger partial charge on any atom is -0.382 e. The Morgan fingerprint density at radius 1 is 1.25 bits per heavy atom. The Kier molecular flexibility index (Phi) is 3.82. The van der Waals surface area contributed by atoms with Crippen molar-refractivity contribution in [2.45, 2.75) is 6.10 Å². The fourth-order valence-electron chi connectivity index (χ4n) is 2.53. The summed E-state index contributed by atoms with van der Waals surface area (Å²) in [6.07, 6.45) is 0.193. The van der Waals surface area contributed by atoms with Crippen molar-refractivity contribution in [3.63, 3.8) is 0 Å². The van der Waals surface area contributed by atoms with Crippen LogP contribution in [0.15, 0.2) is 36.4 Å². The first-order valence-corrected chi connectivity index (χ1v) is 6.86. The van der Waals surface area contributed by atoms with E-state index in [4.69, 9.17) is 10.00 Å². The van der Waals surface area contributed by atoms with E-state index in [1.807, 2.05) is 36.4 Å². The summed E-state index contributed by atoms with van der Waals surface area (Å²) < 4.78 is 5.68. The fourth-order valence-corrected chi connectivity index (χ4v) is 2.53. The zero-order valence-corrected chi connectivity index (χ0v) is 11.2. The van der Waals surface area contributed by atoms with Crippen LogP contribution in [0.3, 0.4) is 0 Å². The molecule has 0 aromatic heterocycles. The van der Waals surface area contributed by atoms with Gasteiger partial charge in [0.1, 0.15) is 0 Å². The van der Waals surface area contributed by atoms with E-state index < -0.39 is 0 Å². The monoisotopic (exact) mass is 267 g/mol. The summed E-state index contributed by atoms with van der Waals surface area (Å²) in [5.74, 6) is 0. The number of ether oxygens (including phenoxy) is 1. The van der Waals surface area contributed by atoms with E-state index in [0.717, 1.165) is 42.7 Å². The lowest BCUT2D eigenvalue weighted by molar-refractivity contribution is 0.0372. The summed E-state index contributed by atoms with van der Waals surface area (Å²) >= 11 is 0. The molecule has 102 valence electrons. The molecule has 0 aliphatic carbocycles. The van der Waals surface area contributed by atoms with E-state index in [2.05, 4.69) is 16.7 Å². The van der Waals surface area contributed by atoms with Gasteiger partial charge in [0.05, 0.1) is 24.3 Å². The lowest BCUT2D eigenvalue weighted by Gasteiger charge is -2.24. The summed E-state index contributed by atoms with van der Waals surface area (Å²) in [7, 11) is 0. The number of nitriles is 1. The van der Waals surface area contributed by atoms with Crippen LogP contribution in [-0.4, -0.2) is 32.3 Å². The van der Waals surface area contributed by atoms with Crippen molar-refractivity contribution >= 4 is 16.5 Å². The van der Waals surface area contributed by atoms with Crippen LogP contribution in [0.25, 0.3) is 10.8 Å². The van der Waals surface area contributed by atoms with Gasteiger partial charge in [-0.3, -0.25) is 0 Å². The van der Waals surface area contributed by atoms with Crippen LogP contribution in [-0.2, 0) is 4.74 Å². The fraction of sp³-hybridized carbons (Fsp3) is 0.312. The van der Waals surface area contributed by atoms with Crippen molar-refractivity contribution < 1.29 is 4.74 Å². The van der Waals surface area contributed by atoms with Gasteiger partial charge in [-0.25, -0.2) is 0 Å². The Labute approximate surface area is 118 Å². The first-order chi connectivity index (χ1) is 9.88. The van der Waals surface area contributed by atoms with E-state index in [0.29, 0.717) is 5.56 Å². The maximum Gasteiger partial charge on any atom is 0.0998 e. The highest BCUT2D eigenvalue weighted by atomic mass is 16.5. The molecule has 0 radical (unpaired) electrons. The molecule has 2 N–H and O–H groups in total. The maximum atomic E-state index is 9.16. The summed E-state index contributed by atoms with van der Waals surface area (Å²) in [5.41, 5.74) is 1.76. The van der Waals surface area contributed by atoms with Gasteiger partial charge >= 0.3 is 0 Å². The molecule has 0 saturated carbocycles. The molecule has 4 nitrogen and oxygen atoms in total. The third-order valence-electron chi connectivity index (χ3n) is 3.57. The Bertz CT molecular complexity index is 642. The van der Waals surface area contributed by atoms with Gasteiger partial charge in [0.25, 0.3) is 0 Å². The summed E-state index contributed by atoms with van der Waals surface area (Å²) in [6.45, 7) is 3.33. The second-order valence-electron chi connectivity index (χ2n) is 4.90. The molecular formula is C16H17N3O. The quantitative estimate of drug-likeness (QED) is 0.894. The second kappa shape index (κ2) is 5.91. The van der Waals surface area contributed by atoms with Crippen molar-refractivity contribution in [1.82, 2.24) is 5.32 Å². The average molecular weight is 267 g/mol. The van der Waals surface area contributed by atoms with Crippen LogP contribution in [0, 0.1) is 11.3 Å². The largest absolute Gasteiger partial charge is 0.382 e. The van der Waals surface area contributed by atoms with Crippen molar-refractivity contribution in [3.8, 4) is 6.07 Å². The average Bonchev–Trinajstić information content (AvgIpc) is 2.53. The third-order valence-corrected chi connectivity index (χ3v) is 3.57. The van der Waals surface area contributed by atoms with Gasteiger partial charge in [0, 0.05) is 36.1 Å². The standard InChI is InChI=1S/C16H17N3O/c17-9-12-5-6-16(15-4-2-1-3-14(12)15)19-11-13-10-18-7-8-20-13/h1-6,13,18-19H,7-8,10-11H2. The molecule has 0 bridgehead atoms. The van der Waals surface area contributed by atoms with Gasteiger partial charge in [-0.15, -0.1) is 0 Å². The lowest BCUT2D eigenvalue weighted by Crippen LogP contribution is -2.42. The van der Waals surface area contributed by atoms with E-state index >= 15 is 0 Å². The minimum atomic E-state index is 0.193. The Morgan fingerprint density at radius 2 is 2.10 bits per heavy atom. The smallest absolute Gasteiger partial charge is 0.0998 e. The van der Waals surface area contributed by atoms with Crippen LogP contribution in [0.4, 0.5) is 5.69 Å². The minimum absolute atomic E-state index is 0.193. The molecule has 20 heavy (non-hydrogen) atoms. The van der Waals surface area contributed by atoms with Gasteiger partial charge in [-0.2, -0.15) is 5.26 Å². The van der Waals surface area contributed by atoms with Crippen LogP contribution in [0.1, 0.15) is 5.56 Å². The van der Waals surface area contributed by atoms with Crippen LogP contribution < -0.4 is 10.6 Å². The first kappa shape index (κ1) is 12.9. The molecule has 2 aromatic carbocycles. The molecule has 1 heterocycles. The molecule has 1 unspecified atom stereocenters. The molecule has 1 atom stereocenters. The SMILES string of the molecule is N#Cc1ccc(NCC2CNCCO2)c2ccccc12. The number of morpholine rings is 1. The highest BCUT2D eigenvalue weighted by Gasteiger charge is 2.13. The van der Waals surface area contributed by atoms with Crippen molar-refractivity contribution in [3.05, 3.63) is 42.0 Å². The van der Waals surface area contributed by atoms with Gasteiger partial charge in [-0.05, 0) is 12.1 Å². The summed E-state index contributed by atoms with van der Waals surface area (Å²) in [6, 6.07) is 14.1. The molecule has 1 aliphatic rings. The number of hydrogen-bond donors (Lipinski definition) is 2. The highest BCUT2D eigenvalue weighted by Crippen LogP contribution is 2.26. The highest BCUT2D eigenvalue weighted by molar-refractivity contribution is 5.97. The van der Waals surface area contributed by atoms with Gasteiger partial charge in [-0.1, -0.05) is 24.3 Å². The van der Waals surface area contributed by atoms with E-state index in [-0.39, 0.29) is 6.10 Å². The number of anilines is 1. The summed E-state index contributed by atoms with van der Waals surface area (Å²) in [4.78, 5) is 0. The van der Waals surface area contributed by atoms with E-state index in [1.165, 1.54) is 0 Å². The predicted octanol–water partition coefficient (Wildman–Crippen LogP) is 2.11. The number of rotatable bonds is 3. The number of benzene rings is 2. The molecule has 1 fully saturated rings. The molecule has 3 rings (SSSR count). The topological polar surface area (TPSA) is 57.1 Å². The molecular weight excluding hydrogens is 250 g/mol. The molecule has 1 aliphatic heterocycles. The van der Waals surface area contributed by atoms with Gasteiger partial charge < -0.3 is 15.4 Å². The normalized spacial score (nSPS) is 18.6. The Morgan fingerprint density at radius 3 is 2.85 bits per heavy atom. The van der Waals surface area contributed by atoms with Crippen molar-refractivity contribution in [2.75, 3.05) is 31.6 Å². The first-order valence-electron chi connectivity index (χ1n) is 6.86. The van der Waals surface area contributed by atoms with Crippen molar-refractivity contribution in [1.29, 1.82) is 5.26 Å². The molecule has 0 amide bonds. The Balaban J connectivity index is 1.83. The van der Waals surface area contributed by atoms with E-state index in [9.17, 15) is 0 Å². The van der Waals surface area contributed by atoms with Crippen molar-refractivity contribution in [2.24, 2.45) is 0 Å². The predicted molar refractivity (Wildman–Crippen MR) is 79.8 cm³/mol. The number of nitrogens with zero attached hydrogens (tertiary/aromatic N) is 1. The van der Waals surface area contributed by atoms with Crippen LogP contribution in [0.2, 0.25) is 0 Å². The molecule has 2 aromatic rings. The third kappa shape index (κ3) is 2.60. The molecule has 4 heteroatoms. The Hall–Kier alpha value is -2.09. The second-order valence-corrected chi connectivity index (χ2v) is 4.90.